The molecular formula is C25H27ClFNO2. The second-order valence-corrected chi connectivity index (χ2v) is 7.69. The van der Waals surface area contributed by atoms with Crippen LogP contribution in [-0.4, -0.2) is 13.2 Å². The van der Waals surface area contributed by atoms with Crippen LogP contribution < -0.4 is 14.8 Å². The monoisotopic (exact) mass is 427 g/mol. The molecule has 0 bridgehead atoms. The second kappa shape index (κ2) is 11.0. The molecule has 0 aliphatic carbocycles. The van der Waals surface area contributed by atoms with E-state index in [2.05, 4.69) is 36.5 Å². The van der Waals surface area contributed by atoms with Crippen molar-refractivity contribution in [3.8, 4) is 11.5 Å². The van der Waals surface area contributed by atoms with E-state index >= 15 is 0 Å². The van der Waals surface area contributed by atoms with Gasteiger partial charge in [-0.2, -0.15) is 0 Å². The Balaban J connectivity index is 1.63. The first-order chi connectivity index (χ1) is 14.6. The molecule has 3 aromatic carbocycles. The normalized spacial score (nSPS) is 11.9. The molecule has 0 saturated heterocycles. The summed E-state index contributed by atoms with van der Waals surface area (Å²) in [6.07, 6.45) is 2.06. The predicted octanol–water partition coefficient (Wildman–Crippen LogP) is 6.18. The average Bonchev–Trinajstić information content (AvgIpc) is 2.76. The third kappa shape index (κ3) is 6.22. The molecule has 30 heavy (non-hydrogen) atoms. The summed E-state index contributed by atoms with van der Waals surface area (Å²) in [5, 5.41) is 3.91. The Morgan fingerprint density at radius 3 is 2.53 bits per heavy atom. The van der Waals surface area contributed by atoms with Crippen molar-refractivity contribution in [1.82, 2.24) is 5.32 Å². The van der Waals surface area contributed by atoms with E-state index in [0.717, 1.165) is 24.0 Å². The zero-order valence-corrected chi connectivity index (χ0v) is 18.1. The van der Waals surface area contributed by atoms with Crippen LogP contribution in [0.1, 0.15) is 30.0 Å². The topological polar surface area (TPSA) is 30.5 Å². The molecule has 0 radical (unpaired) electrons. The van der Waals surface area contributed by atoms with Crippen LogP contribution in [0.3, 0.4) is 0 Å². The SMILES string of the molecule is COc1cccc(CN[C@@H](C)CCc2ccccc2)c1OCc1ccc(F)cc1Cl. The van der Waals surface area contributed by atoms with E-state index in [4.69, 9.17) is 21.1 Å². The van der Waals surface area contributed by atoms with Crippen molar-refractivity contribution in [3.05, 3.63) is 94.3 Å². The molecule has 0 saturated carbocycles. The van der Waals surface area contributed by atoms with Gasteiger partial charge in [-0.15, -0.1) is 0 Å². The van der Waals surface area contributed by atoms with Gasteiger partial charge in [-0.05, 0) is 43.5 Å². The van der Waals surface area contributed by atoms with Crippen molar-refractivity contribution < 1.29 is 13.9 Å². The molecule has 0 unspecified atom stereocenters. The highest BCUT2D eigenvalue weighted by molar-refractivity contribution is 6.31. The molecule has 0 fully saturated rings. The van der Waals surface area contributed by atoms with Crippen molar-refractivity contribution >= 4 is 11.6 Å². The Kier molecular flexibility index (Phi) is 8.12. The molecule has 0 spiro atoms. The molecular weight excluding hydrogens is 401 g/mol. The summed E-state index contributed by atoms with van der Waals surface area (Å²) in [7, 11) is 1.62. The number of hydrogen-bond acceptors (Lipinski definition) is 3. The summed E-state index contributed by atoms with van der Waals surface area (Å²) in [5.41, 5.74) is 3.06. The molecule has 0 aromatic heterocycles. The highest BCUT2D eigenvalue weighted by Gasteiger charge is 2.13. The molecule has 158 valence electrons. The molecule has 0 aliphatic rings. The van der Waals surface area contributed by atoms with Gasteiger partial charge >= 0.3 is 0 Å². The van der Waals surface area contributed by atoms with Crippen LogP contribution in [-0.2, 0) is 19.6 Å². The first-order valence-corrected chi connectivity index (χ1v) is 10.4. The molecule has 1 atom stereocenters. The number of halogens is 2. The minimum absolute atomic E-state index is 0.232. The predicted molar refractivity (Wildman–Crippen MR) is 120 cm³/mol. The fraction of sp³-hybridized carbons (Fsp3) is 0.280. The van der Waals surface area contributed by atoms with Crippen molar-refractivity contribution in [2.45, 2.75) is 39.0 Å². The van der Waals surface area contributed by atoms with Crippen molar-refractivity contribution in [1.29, 1.82) is 0 Å². The lowest BCUT2D eigenvalue weighted by atomic mass is 10.1. The smallest absolute Gasteiger partial charge is 0.166 e. The van der Waals surface area contributed by atoms with Crippen molar-refractivity contribution in [2.24, 2.45) is 0 Å². The maximum absolute atomic E-state index is 13.3. The van der Waals surface area contributed by atoms with Gasteiger partial charge in [0.15, 0.2) is 11.5 Å². The summed E-state index contributed by atoms with van der Waals surface area (Å²) < 4.78 is 24.8. The maximum Gasteiger partial charge on any atom is 0.166 e. The molecule has 3 aromatic rings. The zero-order chi connectivity index (χ0) is 21.3. The van der Waals surface area contributed by atoms with E-state index in [1.165, 1.54) is 17.7 Å². The number of nitrogens with one attached hydrogen (secondary N) is 1. The second-order valence-electron chi connectivity index (χ2n) is 7.28. The number of para-hydroxylation sites is 1. The Morgan fingerprint density at radius 2 is 1.80 bits per heavy atom. The first-order valence-electron chi connectivity index (χ1n) is 10.1. The van der Waals surface area contributed by atoms with Gasteiger partial charge in [0.1, 0.15) is 12.4 Å². The molecule has 0 heterocycles. The third-order valence-electron chi connectivity index (χ3n) is 5.02. The molecule has 1 N–H and O–H groups in total. The fourth-order valence-electron chi connectivity index (χ4n) is 3.23. The third-order valence-corrected chi connectivity index (χ3v) is 5.37. The number of benzene rings is 3. The van der Waals surface area contributed by atoms with Gasteiger partial charge < -0.3 is 14.8 Å². The van der Waals surface area contributed by atoms with E-state index < -0.39 is 0 Å². The van der Waals surface area contributed by atoms with Crippen molar-refractivity contribution in [2.75, 3.05) is 7.11 Å². The lowest BCUT2D eigenvalue weighted by molar-refractivity contribution is 0.280. The Hall–Kier alpha value is -2.56. The Labute approximate surface area is 182 Å². The maximum atomic E-state index is 13.3. The lowest BCUT2D eigenvalue weighted by Gasteiger charge is -2.18. The van der Waals surface area contributed by atoms with E-state index in [1.807, 2.05) is 24.3 Å². The van der Waals surface area contributed by atoms with Gasteiger partial charge in [-0.3, -0.25) is 0 Å². The van der Waals surface area contributed by atoms with E-state index in [-0.39, 0.29) is 12.4 Å². The highest BCUT2D eigenvalue weighted by atomic mass is 35.5. The zero-order valence-electron chi connectivity index (χ0n) is 17.3. The summed E-state index contributed by atoms with van der Waals surface area (Å²) in [6.45, 7) is 3.07. The van der Waals surface area contributed by atoms with Crippen LogP contribution in [0.2, 0.25) is 5.02 Å². The lowest BCUT2D eigenvalue weighted by Crippen LogP contribution is -2.26. The largest absolute Gasteiger partial charge is 0.493 e. The minimum atomic E-state index is -0.365. The van der Waals surface area contributed by atoms with Crippen LogP contribution in [0.15, 0.2) is 66.7 Å². The summed E-state index contributed by atoms with van der Waals surface area (Å²) >= 11 is 6.13. The highest BCUT2D eigenvalue weighted by Crippen LogP contribution is 2.32. The molecule has 3 rings (SSSR count). The first kappa shape index (κ1) is 22.1. The van der Waals surface area contributed by atoms with Crippen LogP contribution in [0.5, 0.6) is 11.5 Å². The van der Waals surface area contributed by atoms with Crippen molar-refractivity contribution in [3.63, 3.8) is 0 Å². The minimum Gasteiger partial charge on any atom is -0.493 e. The van der Waals surface area contributed by atoms with E-state index in [9.17, 15) is 4.39 Å². The molecule has 0 amide bonds. The fourth-order valence-corrected chi connectivity index (χ4v) is 3.45. The van der Waals surface area contributed by atoms with Gasteiger partial charge in [0.25, 0.3) is 0 Å². The Bertz CT molecular complexity index is 949. The van der Waals surface area contributed by atoms with Gasteiger partial charge in [-0.1, -0.05) is 60.1 Å². The van der Waals surface area contributed by atoms with Gasteiger partial charge in [0.05, 0.1) is 12.1 Å². The van der Waals surface area contributed by atoms with E-state index in [0.29, 0.717) is 29.1 Å². The number of methoxy groups -OCH3 is 1. The summed E-state index contributed by atoms with van der Waals surface area (Å²) in [4.78, 5) is 0. The quantitative estimate of drug-likeness (QED) is 0.419. The van der Waals surface area contributed by atoms with E-state index in [1.54, 1.807) is 13.2 Å². The van der Waals surface area contributed by atoms with Gasteiger partial charge in [-0.25, -0.2) is 4.39 Å². The van der Waals surface area contributed by atoms with Gasteiger partial charge in [0, 0.05) is 23.7 Å². The van der Waals surface area contributed by atoms with Crippen LogP contribution >= 0.6 is 11.6 Å². The number of aryl methyl sites for hydroxylation is 1. The molecule has 0 aliphatic heterocycles. The Morgan fingerprint density at radius 1 is 1.00 bits per heavy atom. The molecule has 5 heteroatoms. The van der Waals surface area contributed by atoms with Crippen LogP contribution in [0.4, 0.5) is 4.39 Å². The van der Waals surface area contributed by atoms with Crippen LogP contribution in [0, 0.1) is 5.82 Å². The standard InChI is InChI=1S/C25H27ClFNO2/c1-18(11-12-19-7-4-3-5-8-19)28-16-20-9-6-10-24(29-2)25(20)30-17-21-13-14-22(27)15-23(21)26/h3-10,13-15,18,28H,11-12,16-17H2,1-2H3/t18-/m0/s1. The molecule has 3 nitrogen and oxygen atoms in total. The summed E-state index contributed by atoms with van der Waals surface area (Å²) in [6, 6.07) is 21.0. The average molecular weight is 428 g/mol. The van der Waals surface area contributed by atoms with Crippen LogP contribution in [0.25, 0.3) is 0 Å². The number of ether oxygens (including phenoxy) is 2. The number of hydrogen-bond donors (Lipinski definition) is 1. The number of rotatable bonds is 10. The van der Waals surface area contributed by atoms with Gasteiger partial charge in [0.2, 0.25) is 0 Å². The summed E-state index contributed by atoms with van der Waals surface area (Å²) in [5.74, 6) is 0.961.